The molecule has 0 saturated heterocycles. The summed E-state index contributed by atoms with van der Waals surface area (Å²) in [7, 11) is 0. The zero-order valence-electron chi connectivity index (χ0n) is 6.17. The molecule has 3 N–H and O–H groups in total. The molecule has 56 valence electrons. The molecular formula is C9H10N2. The molecule has 2 nitrogen and oxygen atoms in total. The Balaban J connectivity index is 2.60. The van der Waals surface area contributed by atoms with Gasteiger partial charge in [0.05, 0.1) is 11.4 Å². The predicted molar refractivity (Wildman–Crippen MR) is 48.4 cm³/mol. The van der Waals surface area contributed by atoms with E-state index in [0.29, 0.717) is 0 Å². The van der Waals surface area contributed by atoms with Crippen LogP contribution in [0, 0.1) is 0 Å². The third kappa shape index (κ3) is 0.963. The number of nitrogens with two attached hydrogens (primary N) is 1. The van der Waals surface area contributed by atoms with Gasteiger partial charge in [-0.1, -0.05) is 24.3 Å². The number of para-hydroxylation sites is 1. The highest BCUT2D eigenvalue weighted by molar-refractivity contribution is 5.80. The quantitative estimate of drug-likeness (QED) is 0.547. The van der Waals surface area contributed by atoms with Gasteiger partial charge in [0.15, 0.2) is 0 Å². The van der Waals surface area contributed by atoms with Crippen LogP contribution in [0.4, 0.5) is 11.4 Å². The zero-order chi connectivity index (χ0) is 7.68. The minimum absolute atomic E-state index is 0.826. The fraction of sp³-hybridized carbons (Fsp3) is 0.111. The molecule has 0 fully saturated rings. The van der Waals surface area contributed by atoms with E-state index in [0.717, 1.165) is 17.9 Å². The van der Waals surface area contributed by atoms with Crippen molar-refractivity contribution in [3.05, 3.63) is 29.8 Å². The summed E-state index contributed by atoms with van der Waals surface area (Å²) in [6, 6.07) is 5.92. The number of benzene rings is 1. The summed E-state index contributed by atoms with van der Waals surface area (Å²) in [4.78, 5) is 0. The van der Waals surface area contributed by atoms with E-state index in [9.17, 15) is 0 Å². The molecule has 0 aromatic heterocycles. The monoisotopic (exact) mass is 146 g/mol. The van der Waals surface area contributed by atoms with Crippen LogP contribution in [-0.4, -0.2) is 6.54 Å². The highest BCUT2D eigenvalue weighted by Crippen LogP contribution is 2.26. The molecular weight excluding hydrogens is 136 g/mol. The fourth-order valence-electron chi connectivity index (χ4n) is 1.28. The summed E-state index contributed by atoms with van der Waals surface area (Å²) in [6.07, 6.45) is 4.17. The number of hydrogen-bond donors (Lipinski definition) is 2. The van der Waals surface area contributed by atoms with Gasteiger partial charge in [-0.15, -0.1) is 0 Å². The molecule has 0 unspecified atom stereocenters. The molecule has 2 heteroatoms. The van der Waals surface area contributed by atoms with E-state index in [1.54, 1.807) is 0 Å². The van der Waals surface area contributed by atoms with Crippen LogP contribution in [0.3, 0.4) is 0 Å². The molecule has 1 heterocycles. The molecule has 1 aromatic rings. The van der Waals surface area contributed by atoms with E-state index in [1.165, 1.54) is 5.56 Å². The van der Waals surface area contributed by atoms with Crippen molar-refractivity contribution in [2.75, 3.05) is 17.6 Å². The molecule has 0 saturated carbocycles. The van der Waals surface area contributed by atoms with Gasteiger partial charge in [-0.05, 0) is 11.6 Å². The zero-order valence-corrected chi connectivity index (χ0v) is 6.17. The van der Waals surface area contributed by atoms with Crippen LogP contribution in [-0.2, 0) is 0 Å². The highest BCUT2D eigenvalue weighted by Gasteiger charge is 2.04. The topological polar surface area (TPSA) is 38.0 Å². The average molecular weight is 146 g/mol. The van der Waals surface area contributed by atoms with Crippen molar-refractivity contribution in [1.29, 1.82) is 0 Å². The van der Waals surface area contributed by atoms with E-state index >= 15 is 0 Å². The van der Waals surface area contributed by atoms with Crippen molar-refractivity contribution in [2.45, 2.75) is 0 Å². The summed E-state index contributed by atoms with van der Waals surface area (Å²) in [5.74, 6) is 0. The third-order valence-electron chi connectivity index (χ3n) is 1.82. The van der Waals surface area contributed by atoms with Crippen LogP contribution < -0.4 is 11.1 Å². The Hall–Kier alpha value is -1.44. The van der Waals surface area contributed by atoms with Gasteiger partial charge < -0.3 is 11.1 Å². The summed E-state index contributed by atoms with van der Waals surface area (Å²) < 4.78 is 0. The Kier molecular flexibility index (Phi) is 1.32. The Morgan fingerprint density at radius 1 is 1.36 bits per heavy atom. The standard InChI is InChI=1S/C9H10N2/c10-8-5-1-3-7-4-2-6-11-9(7)8/h1-5,11H,6,10H2. The maximum atomic E-state index is 5.74. The Bertz CT molecular complexity index is 302. The van der Waals surface area contributed by atoms with Crippen molar-refractivity contribution in [1.82, 2.24) is 0 Å². The van der Waals surface area contributed by atoms with Gasteiger partial charge in [0.1, 0.15) is 0 Å². The SMILES string of the molecule is Nc1cccc2c1NCC=C2. The van der Waals surface area contributed by atoms with Gasteiger partial charge in [0.25, 0.3) is 0 Å². The number of fused-ring (bicyclic) bond motifs is 1. The summed E-state index contributed by atoms with van der Waals surface area (Å²) in [5, 5.41) is 3.22. The van der Waals surface area contributed by atoms with Crippen molar-refractivity contribution < 1.29 is 0 Å². The molecule has 11 heavy (non-hydrogen) atoms. The molecule has 0 bridgehead atoms. The Morgan fingerprint density at radius 2 is 2.27 bits per heavy atom. The lowest BCUT2D eigenvalue weighted by atomic mass is 10.1. The van der Waals surface area contributed by atoms with E-state index in [-0.39, 0.29) is 0 Å². The average Bonchev–Trinajstić information content (AvgIpc) is 2.06. The van der Waals surface area contributed by atoms with Gasteiger partial charge in [-0.3, -0.25) is 0 Å². The van der Waals surface area contributed by atoms with Crippen molar-refractivity contribution in [3.63, 3.8) is 0 Å². The maximum absolute atomic E-state index is 5.74. The van der Waals surface area contributed by atoms with Crippen LogP contribution in [0.5, 0.6) is 0 Å². The van der Waals surface area contributed by atoms with E-state index < -0.39 is 0 Å². The Labute approximate surface area is 65.7 Å². The minimum Gasteiger partial charge on any atom is -0.397 e. The van der Waals surface area contributed by atoms with Crippen LogP contribution in [0.2, 0.25) is 0 Å². The third-order valence-corrected chi connectivity index (χ3v) is 1.82. The van der Waals surface area contributed by atoms with E-state index in [2.05, 4.69) is 17.5 Å². The number of rotatable bonds is 0. The van der Waals surface area contributed by atoms with Crippen molar-refractivity contribution in [2.24, 2.45) is 0 Å². The summed E-state index contributed by atoms with van der Waals surface area (Å²) >= 11 is 0. The normalized spacial score (nSPS) is 13.8. The van der Waals surface area contributed by atoms with Gasteiger partial charge in [-0.2, -0.15) is 0 Å². The molecule has 0 amide bonds. The molecule has 0 radical (unpaired) electrons. The first-order chi connectivity index (χ1) is 5.38. The molecule has 0 atom stereocenters. The van der Waals surface area contributed by atoms with Crippen molar-refractivity contribution in [3.8, 4) is 0 Å². The molecule has 1 aliphatic heterocycles. The largest absolute Gasteiger partial charge is 0.397 e. The van der Waals surface area contributed by atoms with Gasteiger partial charge in [0, 0.05) is 6.54 Å². The molecule has 1 aromatic carbocycles. The van der Waals surface area contributed by atoms with Crippen LogP contribution >= 0.6 is 0 Å². The first-order valence-corrected chi connectivity index (χ1v) is 3.67. The van der Waals surface area contributed by atoms with Crippen LogP contribution in [0.25, 0.3) is 6.08 Å². The summed E-state index contributed by atoms with van der Waals surface area (Å²) in [5.41, 5.74) is 8.81. The second-order valence-corrected chi connectivity index (χ2v) is 2.59. The van der Waals surface area contributed by atoms with E-state index in [4.69, 9.17) is 5.73 Å². The second-order valence-electron chi connectivity index (χ2n) is 2.59. The number of nitrogen functional groups attached to an aromatic ring is 1. The minimum atomic E-state index is 0.826. The van der Waals surface area contributed by atoms with Crippen molar-refractivity contribution >= 4 is 17.5 Å². The van der Waals surface area contributed by atoms with Gasteiger partial charge >= 0.3 is 0 Å². The first-order valence-electron chi connectivity index (χ1n) is 3.67. The number of anilines is 2. The highest BCUT2D eigenvalue weighted by atomic mass is 14.9. The van der Waals surface area contributed by atoms with Gasteiger partial charge in [0.2, 0.25) is 0 Å². The molecule has 0 aliphatic carbocycles. The lowest BCUT2D eigenvalue weighted by molar-refractivity contribution is 1.31. The lowest BCUT2D eigenvalue weighted by Gasteiger charge is -2.14. The molecule has 1 aliphatic rings. The second kappa shape index (κ2) is 2.31. The predicted octanol–water partition coefficient (Wildman–Crippen LogP) is 1.71. The lowest BCUT2D eigenvalue weighted by Crippen LogP contribution is -2.06. The van der Waals surface area contributed by atoms with E-state index in [1.807, 2.05) is 18.2 Å². The number of nitrogens with one attached hydrogen (secondary N) is 1. The first kappa shape index (κ1) is 6.28. The summed E-state index contributed by atoms with van der Waals surface area (Å²) in [6.45, 7) is 0.876. The molecule has 2 rings (SSSR count). The smallest absolute Gasteiger partial charge is 0.0649 e. The molecule has 0 spiro atoms. The number of hydrogen-bond acceptors (Lipinski definition) is 2. The van der Waals surface area contributed by atoms with Crippen LogP contribution in [0.15, 0.2) is 24.3 Å². The maximum Gasteiger partial charge on any atom is 0.0649 e. The fourth-order valence-corrected chi connectivity index (χ4v) is 1.28. The van der Waals surface area contributed by atoms with Gasteiger partial charge in [-0.25, -0.2) is 0 Å². The van der Waals surface area contributed by atoms with Crippen LogP contribution in [0.1, 0.15) is 5.56 Å². The Morgan fingerprint density at radius 3 is 3.09 bits per heavy atom.